The van der Waals surface area contributed by atoms with Crippen LogP contribution in [0.1, 0.15) is 28.7 Å². The Balaban J connectivity index is 2.31. The van der Waals surface area contributed by atoms with Crippen molar-refractivity contribution in [3.63, 3.8) is 0 Å². The topological polar surface area (TPSA) is 60.2 Å². The SMILES string of the molecule is Cc1cc(C)c(CC2(N)CCS(=O)(=O)C2)c(C)c1. The van der Waals surface area contributed by atoms with Gasteiger partial charge in [0.15, 0.2) is 9.84 Å². The Bertz CT molecular complexity index is 554. The molecule has 100 valence electrons. The summed E-state index contributed by atoms with van der Waals surface area (Å²) >= 11 is 0. The molecule has 0 aliphatic carbocycles. The van der Waals surface area contributed by atoms with E-state index in [1.54, 1.807) is 0 Å². The van der Waals surface area contributed by atoms with Crippen molar-refractivity contribution in [1.29, 1.82) is 0 Å². The number of sulfone groups is 1. The van der Waals surface area contributed by atoms with Gasteiger partial charge in [0.05, 0.1) is 11.5 Å². The molecule has 4 heteroatoms. The van der Waals surface area contributed by atoms with Crippen LogP contribution in [-0.2, 0) is 16.3 Å². The molecule has 18 heavy (non-hydrogen) atoms. The first-order valence-corrected chi connectivity index (χ1v) is 8.09. The third kappa shape index (κ3) is 2.75. The first kappa shape index (κ1) is 13.6. The summed E-state index contributed by atoms with van der Waals surface area (Å²) in [6.45, 7) is 6.21. The van der Waals surface area contributed by atoms with E-state index in [1.807, 2.05) is 0 Å². The number of benzene rings is 1. The van der Waals surface area contributed by atoms with Crippen LogP contribution in [0.3, 0.4) is 0 Å². The highest BCUT2D eigenvalue weighted by atomic mass is 32.2. The summed E-state index contributed by atoms with van der Waals surface area (Å²) in [6.07, 6.45) is 1.23. The lowest BCUT2D eigenvalue weighted by Crippen LogP contribution is -2.43. The summed E-state index contributed by atoms with van der Waals surface area (Å²) in [5.41, 5.74) is 10.5. The fourth-order valence-electron chi connectivity index (χ4n) is 2.92. The van der Waals surface area contributed by atoms with E-state index in [1.165, 1.54) is 22.3 Å². The molecule has 0 saturated carbocycles. The second kappa shape index (κ2) is 4.35. The highest BCUT2D eigenvalue weighted by Gasteiger charge is 2.39. The molecule has 1 heterocycles. The lowest BCUT2D eigenvalue weighted by molar-refractivity contribution is 0.474. The third-order valence-electron chi connectivity index (χ3n) is 3.79. The first-order valence-electron chi connectivity index (χ1n) is 6.27. The van der Waals surface area contributed by atoms with Gasteiger partial charge in [0.2, 0.25) is 0 Å². The standard InChI is InChI=1S/C14H21NO2S/c1-10-6-11(2)13(12(3)7-10)8-14(15)4-5-18(16,17)9-14/h6-7H,4-5,8-9,15H2,1-3H3. The van der Waals surface area contributed by atoms with E-state index in [0.29, 0.717) is 12.8 Å². The number of hydrogen-bond donors (Lipinski definition) is 1. The van der Waals surface area contributed by atoms with Crippen molar-refractivity contribution < 1.29 is 8.42 Å². The molecule has 0 aromatic heterocycles. The fourth-order valence-corrected chi connectivity index (χ4v) is 4.91. The molecule has 1 aromatic carbocycles. The van der Waals surface area contributed by atoms with Gasteiger partial charge in [-0.2, -0.15) is 0 Å². The van der Waals surface area contributed by atoms with E-state index in [2.05, 4.69) is 32.9 Å². The van der Waals surface area contributed by atoms with Gasteiger partial charge in [-0.15, -0.1) is 0 Å². The van der Waals surface area contributed by atoms with Gasteiger partial charge < -0.3 is 5.73 Å². The average Bonchev–Trinajstić information content (AvgIpc) is 2.47. The van der Waals surface area contributed by atoms with Crippen LogP contribution in [0.15, 0.2) is 12.1 Å². The van der Waals surface area contributed by atoms with Crippen LogP contribution in [0.4, 0.5) is 0 Å². The number of hydrogen-bond acceptors (Lipinski definition) is 3. The van der Waals surface area contributed by atoms with Crippen molar-refractivity contribution in [2.75, 3.05) is 11.5 Å². The van der Waals surface area contributed by atoms with Crippen molar-refractivity contribution in [1.82, 2.24) is 0 Å². The fraction of sp³-hybridized carbons (Fsp3) is 0.571. The Hall–Kier alpha value is -0.870. The van der Waals surface area contributed by atoms with Gasteiger partial charge in [0.25, 0.3) is 0 Å². The van der Waals surface area contributed by atoms with Crippen LogP contribution >= 0.6 is 0 Å². The summed E-state index contributed by atoms with van der Waals surface area (Å²) < 4.78 is 23.2. The van der Waals surface area contributed by atoms with Crippen molar-refractivity contribution >= 4 is 9.84 Å². The van der Waals surface area contributed by atoms with Gasteiger partial charge >= 0.3 is 0 Å². The van der Waals surface area contributed by atoms with Gasteiger partial charge in [0.1, 0.15) is 0 Å². The minimum absolute atomic E-state index is 0.118. The maximum absolute atomic E-state index is 11.6. The Morgan fingerprint density at radius 3 is 2.22 bits per heavy atom. The van der Waals surface area contributed by atoms with Crippen LogP contribution in [-0.4, -0.2) is 25.5 Å². The molecule has 0 bridgehead atoms. The number of nitrogens with two attached hydrogens (primary N) is 1. The van der Waals surface area contributed by atoms with Crippen LogP contribution in [0, 0.1) is 20.8 Å². The molecule has 1 aliphatic rings. The zero-order valence-corrected chi connectivity index (χ0v) is 12.1. The molecule has 0 radical (unpaired) electrons. The van der Waals surface area contributed by atoms with Crippen LogP contribution in [0.25, 0.3) is 0 Å². The summed E-state index contributed by atoms with van der Waals surface area (Å²) in [6, 6.07) is 4.27. The molecule has 1 saturated heterocycles. The summed E-state index contributed by atoms with van der Waals surface area (Å²) in [5.74, 6) is 0.347. The van der Waals surface area contributed by atoms with Crippen molar-refractivity contribution in [2.45, 2.75) is 39.2 Å². The average molecular weight is 267 g/mol. The van der Waals surface area contributed by atoms with E-state index in [-0.39, 0.29) is 11.5 Å². The quantitative estimate of drug-likeness (QED) is 0.886. The molecule has 1 aromatic rings. The second-order valence-corrected chi connectivity index (χ2v) is 7.94. The largest absolute Gasteiger partial charge is 0.324 e. The Labute approximate surface area is 109 Å². The Morgan fingerprint density at radius 1 is 1.22 bits per heavy atom. The van der Waals surface area contributed by atoms with Crippen LogP contribution in [0.5, 0.6) is 0 Å². The van der Waals surface area contributed by atoms with Crippen molar-refractivity contribution in [3.05, 3.63) is 34.4 Å². The molecule has 1 unspecified atom stereocenters. The maximum atomic E-state index is 11.6. The minimum atomic E-state index is -2.93. The van der Waals surface area contributed by atoms with E-state index < -0.39 is 15.4 Å². The monoisotopic (exact) mass is 267 g/mol. The molecule has 0 spiro atoms. The molecule has 1 atom stereocenters. The summed E-state index contributed by atoms with van der Waals surface area (Å²) in [5, 5.41) is 0. The third-order valence-corrected chi connectivity index (χ3v) is 5.63. The molecule has 2 N–H and O–H groups in total. The zero-order valence-electron chi connectivity index (χ0n) is 11.3. The molecule has 1 fully saturated rings. The van der Waals surface area contributed by atoms with Gasteiger partial charge in [0, 0.05) is 5.54 Å². The maximum Gasteiger partial charge on any atom is 0.152 e. The molecular formula is C14H21NO2S. The van der Waals surface area contributed by atoms with E-state index in [0.717, 1.165) is 0 Å². The smallest absolute Gasteiger partial charge is 0.152 e. The lowest BCUT2D eigenvalue weighted by atomic mass is 9.86. The lowest BCUT2D eigenvalue weighted by Gasteiger charge is -2.24. The van der Waals surface area contributed by atoms with Gasteiger partial charge in [-0.25, -0.2) is 8.42 Å². The van der Waals surface area contributed by atoms with Crippen molar-refractivity contribution in [3.8, 4) is 0 Å². The second-order valence-electron chi connectivity index (χ2n) is 5.76. The number of rotatable bonds is 2. The highest BCUT2D eigenvalue weighted by molar-refractivity contribution is 7.91. The van der Waals surface area contributed by atoms with Gasteiger partial charge in [-0.3, -0.25) is 0 Å². The predicted molar refractivity (Wildman–Crippen MR) is 74.5 cm³/mol. The number of aryl methyl sites for hydroxylation is 3. The van der Waals surface area contributed by atoms with Crippen molar-refractivity contribution in [2.24, 2.45) is 5.73 Å². The summed E-state index contributed by atoms with van der Waals surface area (Å²) in [7, 11) is -2.93. The van der Waals surface area contributed by atoms with E-state index >= 15 is 0 Å². The molecule has 0 amide bonds. The molecule has 2 rings (SSSR count). The van der Waals surface area contributed by atoms with Gasteiger partial charge in [-0.1, -0.05) is 17.7 Å². The Morgan fingerprint density at radius 2 is 1.78 bits per heavy atom. The molecular weight excluding hydrogens is 246 g/mol. The minimum Gasteiger partial charge on any atom is -0.324 e. The first-order chi connectivity index (χ1) is 8.21. The zero-order chi connectivity index (χ0) is 13.6. The van der Waals surface area contributed by atoms with Crippen LogP contribution in [0.2, 0.25) is 0 Å². The molecule has 3 nitrogen and oxygen atoms in total. The Kier molecular flexibility index (Phi) is 3.28. The normalized spacial score (nSPS) is 26.4. The molecule has 1 aliphatic heterocycles. The van der Waals surface area contributed by atoms with E-state index in [9.17, 15) is 8.42 Å². The van der Waals surface area contributed by atoms with Crippen LogP contribution < -0.4 is 5.73 Å². The summed E-state index contributed by atoms with van der Waals surface area (Å²) in [4.78, 5) is 0. The van der Waals surface area contributed by atoms with Gasteiger partial charge in [-0.05, 0) is 50.3 Å². The van der Waals surface area contributed by atoms with E-state index in [4.69, 9.17) is 5.73 Å². The predicted octanol–water partition coefficient (Wildman–Crippen LogP) is 1.67. The highest BCUT2D eigenvalue weighted by Crippen LogP contribution is 2.28.